The van der Waals surface area contributed by atoms with Crippen molar-refractivity contribution in [3.8, 4) is 17.5 Å². The summed E-state index contributed by atoms with van der Waals surface area (Å²) in [6.07, 6.45) is 0. The first-order chi connectivity index (χ1) is 19.7. The number of hydrogen-bond donors (Lipinski definition) is 2. The number of ether oxygens (including phenoxy) is 1. The Kier molecular flexibility index (Phi) is 8.78. The normalized spacial score (nSPS) is 11.2. The van der Waals surface area contributed by atoms with Gasteiger partial charge in [-0.2, -0.15) is 0 Å². The number of non-ortho nitro benzene ring substituents is 1. The molecule has 2 aromatic heterocycles. The molecule has 0 aliphatic carbocycles. The Labute approximate surface area is 261 Å². The predicted octanol–water partition coefficient (Wildman–Crippen LogP) is 4.71. The van der Waals surface area contributed by atoms with Crippen LogP contribution in [0.1, 0.15) is 28.2 Å². The number of halogens is 2. The molecule has 4 rings (SSSR count). The summed E-state index contributed by atoms with van der Waals surface area (Å²) in [7, 11) is 5.76. The molecular formula is C26H23BrClN5O7S2. The van der Waals surface area contributed by atoms with E-state index in [-0.39, 0.29) is 49.3 Å². The number of aromatic nitrogens is 4. The van der Waals surface area contributed by atoms with Gasteiger partial charge in [0, 0.05) is 40.3 Å². The molecule has 16 heteroatoms. The molecule has 0 spiro atoms. The van der Waals surface area contributed by atoms with Crippen molar-refractivity contribution >= 4 is 57.7 Å². The van der Waals surface area contributed by atoms with Crippen molar-refractivity contribution in [2.75, 3.05) is 0 Å². The zero-order valence-electron chi connectivity index (χ0n) is 22.5. The molecule has 0 amide bonds. The molecule has 2 N–H and O–H groups in total. The van der Waals surface area contributed by atoms with Crippen LogP contribution in [0.5, 0.6) is 17.5 Å². The molecule has 0 radical (unpaired) electrons. The van der Waals surface area contributed by atoms with Crippen molar-refractivity contribution in [2.24, 2.45) is 28.2 Å². The van der Waals surface area contributed by atoms with Gasteiger partial charge in [0.05, 0.1) is 31.5 Å². The first-order valence-corrected chi connectivity index (χ1v) is 14.0. The summed E-state index contributed by atoms with van der Waals surface area (Å²) in [6.45, 7) is 0.0218. The minimum atomic E-state index is -1.33. The van der Waals surface area contributed by atoms with Crippen LogP contribution in [0.15, 0.2) is 50.5 Å². The Hall–Kier alpha value is -3.79. The van der Waals surface area contributed by atoms with Crippen molar-refractivity contribution < 1.29 is 19.9 Å². The van der Waals surface area contributed by atoms with E-state index in [1.54, 1.807) is 18.2 Å². The third kappa shape index (κ3) is 5.40. The molecule has 220 valence electrons. The molecule has 2 heterocycles. The molecule has 0 atom stereocenters. The topological polar surface area (TPSA) is 147 Å². The lowest BCUT2D eigenvalue weighted by Crippen LogP contribution is -2.33. The Balaban J connectivity index is 1.94. The maximum Gasteiger partial charge on any atom is 0.269 e. The number of nitro groups is 1. The standard InChI is InChI=1S/C26H23BrClN5O7S2/c1-29-21(34)18(22(35)30(2)25(29)41)17(19-23(36)31(3)26(42)32(4)24(19)37)13-9-15(27)20(16(28)10-13)40-11-12-5-7-14(8-6-12)33(38)39/h5-10,17,34,36H,11H2,1-4H3. The lowest BCUT2D eigenvalue weighted by atomic mass is 9.86. The Bertz CT molecular complexity index is 1890. The van der Waals surface area contributed by atoms with Crippen LogP contribution in [0.25, 0.3) is 0 Å². The van der Waals surface area contributed by atoms with Gasteiger partial charge in [-0.25, -0.2) is 0 Å². The molecule has 0 aliphatic heterocycles. The van der Waals surface area contributed by atoms with Gasteiger partial charge in [0.1, 0.15) is 6.61 Å². The molecule has 0 aliphatic rings. The van der Waals surface area contributed by atoms with Crippen LogP contribution in [0.3, 0.4) is 0 Å². The lowest BCUT2D eigenvalue weighted by Gasteiger charge is -2.24. The highest BCUT2D eigenvalue weighted by Crippen LogP contribution is 2.42. The molecule has 0 unspecified atom stereocenters. The highest BCUT2D eigenvalue weighted by molar-refractivity contribution is 9.10. The van der Waals surface area contributed by atoms with Gasteiger partial charge in [0.15, 0.2) is 15.3 Å². The molecule has 42 heavy (non-hydrogen) atoms. The number of benzene rings is 2. The van der Waals surface area contributed by atoms with Crippen molar-refractivity contribution in [3.63, 3.8) is 0 Å². The van der Waals surface area contributed by atoms with Crippen molar-refractivity contribution in [3.05, 3.63) is 109 Å². The number of nitro benzene ring substituents is 1. The Morgan fingerprint density at radius 3 is 1.83 bits per heavy atom. The minimum Gasteiger partial charge on any atom is -0.494 e. The van der Waals surface area contributed by atoms with Gasteiger partial charge in [0.25, 0.3) is 16.8 Å². The van der Waals surface area contributed by atoms with Crippen LogP contribution in [-0.2, 0) is 34.8 Å². The summed E-state index contributed by atoms with van der Waals surface area (Å²) in [5.41, 5.74) is -1.03. The van der Waals surface area contributed by atoms with Gasteiger partial charge in [-0.1, -0.05) is 11.6 Å². The van der Waals surface area contributed by atoms with E-state index in [0.29, 0.717) is 10.0 Å². The number of nitrogens with zero attached hydrogens (tertiary/aromatic N) is 5. The van der Waals surface area contributed by atoms with E-state index in [9.17, 15) is 29.9 Å². The van der Waals surface area contributed by atoms with E-state index in [4.69, 9.17) is 40.8 Å². The maximum atomic E-state index is 13.6. The third-order valence-corrected chi connectivity index (χ3v) is 8.76. The molecule has 0 saturated carbocycles. The van der Waals surface area contributed by atoms with E-state index in [1.807, 2.05) is 0 Å². The van der Waals surface area contributed by atoms with Crippen LogP contribution in [-0.4, -0.2) is 33.4 Å². The van der Waals surface area contributed by atoms with Crippen molar-refractivity contribution in [1.29, 1.82) is 0 Å². The fraction of sp³-hybridized carbons (Fsp3) is 0.231. The highest BCUT2D eigenvalue weighted by Gasteiger charge is 2.33. The van der Waals surface area contributed by atoms with Crippen LogP contribution < -0.4 is 15.9 Å². The largest absolute Gasteiger partial charge is 0.494 e. The zero-order valence-corrected chi connectivity index (χ0v) is 26.5. The van der Waals surface area contributed by atoms with Gasteiger partial charge < -0.3 is 14.9 Å². The molecular weight excluding hydrogens is 674 g/mol. The minimum absolute atomic E-state index is 0.0218. The predicted molar refractivity (Wildman–Crippen MR) is 164 cm³/mol. The second kappa shape index (κ2) is 11.8. The van der Waals surface area contributed by atoms with Gasteiger partial charge in [0.2, 0.25) is 11.8 Å². The van der Waals surface area contributed by atoms with E-state index in [0.717, 1.165) is 9.13 Å². The molecule has 4 aromatic rings. The summed E-state index contributed by atoms with van der Waals surface area (Å²) in [6, 6.07) is 8.79. The SMILES string of the molecule is Cn1c(O)c(C(c2cc(Cl)c(OCc3ccc([N+](=O)[O-])cc3)c(Br)c2)c2c(O)n(C)c(=S)n(C)c2=O)c(=O)n(C)c1=S. The van der Waals surface area contributed by atoms with E-state index >= 15 is 0 Å². The summed E-state index contributed by atoms with van der Waals surface area (Å²) in [4.78, 5) is 37.6. The van der Waals surface area contributed by atoms with Crippen LogP contribution in [0, 0.1) is 19.7 Å². The quantitative estimate of drug-likeness (QED) is 0.159. The van der Waals surface area contributed by atoms with E-state index in [1.165, 1.54) is 55.5 Å². The highest BCUT2D eigenvalue weighted by atomic mass is 79.9. The van der Waals surface area contributed by atoms with Crippen LogP contribution in [0.2, 0.25) is 5.02 Å². The van der Waals surface area contributed by atoms with Crippen LogP contribution >= 0.6 is 52.0 Å². The molecule has 2 aromatic carbocycles. The molecule has 0 saturated heterocycles. The fourth-order valence-corrected chi connectivity index (χ4v) is 5.78. The summed E-state index contributed by atoms with van der Waals surface area (Å²) >= 11 is 20.6. The zero-order chi connectivity index (χ0) is 31.2. The number of aromatic hydroxyl groups is 2. The summed E-state index contributed by atoms with van der Waals surface area (Å²) < 4.78 is 11.0. The number of hydrogen-bond acceptors (Lipinski definition) is 9. The fourth-order valence-electron chi connectivity index (χ4n) is 4.46. The number of rotatable bonds is 7. The summed E-state index contributed by atoms with van der Waals surface area (Å²) in [5, 5.41) is 33.3. The van der Waals surface area contributed by atoms with Gasteiger partial charge in [-0.3, -0.25) is 38.0 Å². The first kappa shape index (κ1) is 31.2. The average Bonchev–Trinajstić information content (AvgIpc) is 2.96. The van der Waals surface area contributed by atoms with Gasteiger partial charge in [-0.05, 0) is 75.8 Å². The van der Waals surface area contributed by atoms with Crippen molar-refractivity contribution in [2.45, 2.75) is 12.5 Å². The Morgan fingerprint density at radius 1 is 0.929 bits per heavy atom. The average molecular weight is 697 g/mol. The maximum absolute atomic E-state index is 13.6. The molecule has 0 bridgehead atoms. The van der Waals surface area contributed by atoms with Gasteiger partial charge >= 0.3 is 0 Å². The van der Waals surface area contributed by atoms with E-state index in [2.05, 4.69) is 15.9 Å². The van der Waals surface area contributed by atoms with Crippen LogP contribution in [0.4, 0.5) is 5.69 Å². The first-order valence-electron chi connectivity index (χ1n) is 12.0. The summed E-state index contributed by atoms with van der Waals surface area (Å²) in [5.74, 6) is -2.14. The monoisotopic (exact) mass is 695 g/mol. The second-order valence-electron chi connectivity index (χ2n) is 9.35. The smallest absolute Gasteiger partial charge is 0.269 e. The molecule has 12 nitrogen and oxygen atoms in total. The van der Waals surface area contributed by atoms with Gasteiger partial charge in [-0.15, -0.1) is 0 Å². The molecule has 0 fully saturated rings. The third-order valence-electron chi connectivity index (χ3n) is 6.80. The lowest BCUT2D eigenvalue weighted by molar-refractivity contribution is -0.384. The second-order valence-corrected chi connectivity index (χ2v) is 11.3. The van der Waals surface area contributed by atoms with E-state index < -0.39 is 33.7 Å². The van der Waals surface area contributed by atoms with Crippen molar-refractivity contribution in [1.82, 2.24) is 18.3 Å². The Morgan fingerprint density at radius 2 is 1.40 bits per heavy atom.